The second kappa shape index (κ2) is 8.01. The maximum atomic E-state index is 13.2. The van der Waals surface area contributed by atoms with Crippen molar-refractivity contribution in [2.45, 2.75) is 47.0 Å². The minimum Gasteiger partial charge on any atom is -0.352 e. The molecule has 1 fully saturated rings. The summed E-state index contributed by atoms with van der Waals surface area (Å²) in [5.41, 5.74) is 4.53. The first-order valence-corrected chi connectivity index (χ1v) is 12.9. The Balaban J connectivity index is 1.25. The highest BCUT2D eigenvalue weighted by Gasteiger charge is 2.29. The third-order valence-electron chi connectivity index (χ3n) is 7.07. The number of amides is 1. The highest BCUT2D eigenvalue weighted by Crippen LogP contribution is 2.41. The highest BCUT2D eigenvalue weighted by molar-refractivity contribution is 7.19. The fourth-order valence-electron chi connectivity index (χ4n) is 5.33. The second-order valence-corrected chi connectivity index (χ2v) is 10.8. The molecule has 1 unspecified atom stereocenters. The van der Waals surface area contributed by atoms with Crippen molar-refractivity contribution in [1.29, 1.82) is 0 Å². The van der Waals surface area contributed by atoms with Crippen LogP contribution >= 0.6 is 11.3 Å². The standard InChI is InChI=1S/C25H29N7OS/c1-14-5-6-18-20(11-14)34-24-22(18)23(27-17(4)28-24)30-7-9-31(10-8-30)25(33)19-13-21-26-15(2)12-16(3)32(21)29-19/h12-14H,5-11H2,1-4H3. The summed E-state index contributed by atoms with van der Waals surface area (Å²) in [6, 6.07) is 3.77. The average molecular weight is 476 g/mol. The Morgan fingerprint density at radius 1 is 1.06 bits per heavy atom. The number of aryl methyl sites for hydroxylation is 4. The zero-order valence-electron chi connectivity index (χ0n) is 20.1. The van der Waals surface area contributed by atoms with Gasteiger partial charge >= 0.3 is 0 Å². The van der Waals surface area contributed by atoms with Gasteiger partial charge in [0.1, 0.15) is 16.5 Å². The van der Waals surface area contributed by atoms with Crippen LogP contribution in [0.3, 0.4) is 0 Å². The van der Waals surface area contributed by atoms with Crippen LogP contribution in [0.2, 0.25) is 0 Å². The van der Waals surface area contributed by atoms with Crippen molar-refractivity contribution in [2.75, 3.05) is 31.1 Å². The molecule has 1 amide bonds. The van der Waals surface area contributed by atoms with Gasteiger partial charge in [0.05, 0.1) is 5.39 Å². The molecule has 0 radical (unpaired) electrons. The number of nitrogens with zero attached hydrogens (tertiary/aromatic N) is 7. The lowest BCUT2D eigenvalue weighted by atomic mass is 9.89. The van der Waals surface area contributed by atoms with E-state index in [4.69, 9.17) is 9.97 Å². The molecule has 0 aromatic carbocycles. The molecule has 1 saturated heterocycles. The highest BCUT2D eigenvalue weighted by atomic mass is 32.1. The first kappa shape index (κ1) is 21.5. The Bertz CT molecular complexity index is 1430. The molecular weight excluding hydrogens is 446 g/mol. The van der Waals surface area contributed by atoms with E-state index in [0.717, 1.165) is 65.4 Å². The smallest absolute Gasteiger partial charge is 0.274 e. The Hall–Kier alpha value is -3.07. The number of carbonyl (C=O) groups is 1. The Kier molecular flexibility index (Phi) is 5.05. The predicted molar refractivity (Wildman–Crippen MR) is 134 cm³/mol. The Labute approximate surface area is 202 Å². The SMILES string of the molecule is Cc1cc(C)n2nc(C(=O)N3CCN(c4nc(C)nc5sc6c(c45)CCC(C)C6)CC3)cc2n1. The molecule has 0 saturated carbocycles. The van der Waals surface area contributed by atoms with E-state index in [1.165, 1.54) is 22.2 Å². The monoisotopic (exact) mass is 475 g/mol. The van der Waals surface area contributed by atoms with Gasteiger partial charge in [0.25, 0.3) is 5.91 Å². The van der Waals surface area contributed by atoms with Gasteiger partial charge in [-0.05, 0) is 57.6 Å². The van der Waals surface area contributed by atoms with E-state index in [9.17, 15) is 4.79 Å². The lowest BCUT2D eigenvalue weighted by Crippen LogP contribution is -2.49. The van der Waals surface area contributed by atoms with E-state index in [0.29, 0.717) is 18.8 Å². The maximum absolute atomic E-state index is 13.2. The van der Waals surface area contributed by atoms with Crippen molar-refractivity contribution in [3.63, 3.8) is 0 Å². The number of aromatic nitrogens is 5. The summed E-state index contributed by atoms with van der Waals surface area (Å²) in [7, 11) is 0. The van der Waals surface area contributed by atoms with E-state index in [1.807, 2.05) is 43.1 Å². The number of rotatable bonds is 2. The van der Waals surface area contributed by atoms with Crippen LogP contribution < -0.4 is 4.90 Å². The van der Waals surface area contributed by atoms with E-state index in [1.54, 1.807) is 10.6 Å². The summed E-state index contributed by atoms with van der Waals surface area (Å²) in [5, 5.41) is 5.78. The molecule has 0 bridgehead atoms. The van der Waals surface area contributed by atoms with Crippen LogP contribution in [0.15, 0.2) is 12.1 Å². The fourth-order valence-corrected chi connectivity index (χ4v) is 6.75. The molecule has 176 valence electrons. The molecule has 1 aliphatic heterocycles. The predicted octanol–water partition coefficient (Wildman–Crippen LogP) is 3.75. The molecule has 5 heterocycles. The van der Waals surface area contributed by atoms with E-state index in [2.05, 4.69) is 21.9 Å². The molecule has 4 aromatic rings. The summed E-state index contributed by atoms with van der Waals surface area (Å²) in [4.78, 5) is 34.3. The molecule has 1 aliphatic carbocycles. The Morgan fingerprint density at radius 3 is 2.65 bits per heavy atom. The quantitative estimate of drug-likeness (QED) is 0.439. The largest absolute Gasteiger partial charge is 0.352 e. The lowest BCUT2D eigenvalue weighted by molar-refractivity contribution is 0.0740. The minimum absolute atomic E-state index is 0.0341. The molecule has 1 atom stereocenters. The third kappa shape index (κ3) is 3.53. The van der Waals surface area contributed by atoms with Gasteiger partial charge in [-0.2, -0.15) is 5.10 Å². The second-order valence-electron chi connectivity index (χ2n) is 9.74. The van der Waals surface area contributed by atoms with Crippen molar-refractivity contribution >= 4 is 38.9 Å². The minimum atomic E-state index is -0.0341. The number of hydrogen-bond donors (Lipinski definition) is 0. The zero-order valence-corrected chi connectivity index (χ0v) is 20.9. The molecule has 0 N–H and O–H groups in total. The van der Waals surface area contributed by atoms with Crippen molar-refractivity contribution in [1.82, 2.24) is 29.5 Å². The van der Waals surface area contributed by atoms with E-state index in [-0.39, 0.29) is 5.91 Å². The number of carbonyl (C=O) groups excluding carboxylic acids is 1. The van der Waals surface area contributed by atoms with Crippen molar-refractivity contribution in [3.05, 3.63) is 45.5 Å². The maximum Gasteiger partial charge on any atom is 0.274 e. The molecule has 8 nitrogen and oxygen atoms in total. The normalized spacial score (nSPS) is 18.6. The van der Waals surface area contributed by atoms with Gasteiger partial charge in [-0.25, -0.2) is 19.5 Å². The molecule has 0 spiro atoms. The summed E-state index contributed by atoms with van der Waals surface area (Å²) < 4.78 is 1.75. The number of thiophene rings is 1. The summed E-state index contributed by atoms with van der Waals surface area (Å²) >= 11 is 1.84. The molecular formula is C25H29N7OS. The van der Waals surface area contributed by atoms with Gasteiger partial charge in [-0.15, -0.1) is 11.3 Å². The van der Waals surface area contributed by atoms with Gasteiger partial charge in [0.2, 0.25) is 0 Å². The van der Waals surface area contributed by atoms with Crippen LogP contribution in [0.1, 0.15) is 51.5 Å². The summed E-state index contributed by atoms with van der Waals surface area (Å²) in [6.07, 6.45) is 3.47. The van der Waals surface area contributed by atoms with Gasteiger partial charge < -0.3 is 9.80 Å². The summed E-state index contributed by atoms with van der Waals surface area (Å²) in [5.74, 6) is 2.56. The topological polar surface area (TPSA) is 79.5 Å². The van der Waals surface area contributed by atoms with E-state index < -0.39 is 0 Å². The molecule has 6 rings (SSSR count). The fraction of sp³-hybridized carbons (Fsp3) is 0.480. The van der Waals surface area contributed by atoms with Gasteiger partial charge in [-0.3, -0.25) is 4.79 Å². The van der Waals surface area contributed by atoms with E-state index >= 15 is 0 Å². The van der Waals surface area contributed by atoms with Crippen molar-refractivity contribution < 1.29 is 4.79 Å². The van der Waals surface area contributed by atoms with Crippen LogP contribution in [0.4, 0.5) is 5.82 Å². The van der Waals surface area contributed by atoms with Crippen molar-refractivity contribution in [2.24, 2.45) is 5.92 Å². The molecule has 4 aromatic heterocycles. The summed E-state index contributed by atoms with van der Waals surface area (Å²) in [6.45, 7) is 11.0. The molecule has 9 heteroatoms. The average Bonchev–Trinajstić information content (AvgIpc) is 3.39. The van der Waals surface area contributed by atoms with Gasteiger partial charge in [0.15, 0.2) is 11.3 Å². The number of anilines is 1. The van der Waals surface area contributed by atoms with Crippen LogP contribution in [0.5, 0.6) is 0 Å². The lowest BCUT2D eigenvalue weighted by Gasteiger charge is -2.35. The van der Waals surface area contributed by atoms with Crippen LogP contribution in [-0.2, 0) is 12.8 Å². The van der Waals surface area contributed by atoms with Crippen LogP contribution in [0, 0.1) is 26.7 Å². The number of piperazine rings is 1. The third-order valence-corrected chi connectivity index (χ3v) is 8.21. The number of hydrogen-bond acceptors (Lipinski definition) is 7. The first-order chi connectivity index (χ1) is 16.4. The first-order valence-electron chi connectivity index (χ1n) is 12.0. The molecule has 2 aliphatic rings. The van der Waals surface area contributed by atoms with Gasteiger partial charge in [0, 0.05) is 48.5 Å². The van der Waals surface area contributed by atoms with Crippen LogP contribution in [0.25, 0.3) is 15.9 Å². The van der Waals surface area contributed by atoms with Crippen molar-refractivity contribution in [3.8, 4) is 0 Å². The number of fused-ring (bicyclic) bond motifs is 4. The molecule has 34 heavy (non-hydrogen) atoms. The van der Waals surface area contributed by atoms with Crippen LogP contribution in [-0.4, -0.2) is 61.6 Å². The zero-order chi connectivity index (χ0) is 23.6. The Morgan fingerprint density at radius 2 is 1.85 bits per heavy atom. The van der Waals surface area contributed by atoms with Gasteiger partial charge in [-0.1, -0.05) is 6.92 Å².